The molecule has 0 saturated heterocycles. The van der Waals surface area contributed by atoms with Gasteiger partial charge in [-0.25, -0.2) is 4.79 Å². The molecule has 3 aromatic rings. The van der Waals surface area contributed by atoms with E-state index in [1.54, 1.807) is 14.2 Å². The summed E-state index contributed by atoms with van der Waals surface area (Å²) < 4.78 is 34.4. The molecule has 0 fully saturated rings. The molecule has 0 amide bonds. The molecule has 3 aromatic carbocycles. The standard InChI is InChI=1S/C29H26O7/c1-16-4-6-17(7-5-16)13-33-28-24(31-2)10-19(11-25(28)32-3)26-21-12-23-22(35-15-36-23)9-18(21)8-20-14-34-29(30)27(20)26/h4-7,9-12,26H,8,13-15H2,1-3H3/t26-/m0/s1. The van der Waals surface area contributed by atoms with Crippen LogP contribution < -0.4 is 23.7 Å². The molecule has 7 heteroatoms. The third-order valence-electron chi connectivity index (χ3n) is 6.94. The van der Waals surface area contributed by atoms with E-state index < -0.39 is 0 Å². The zero-order valence-electron chi connectivity index (χ0n) is 20.4. The normalized spacial score (nSPS) is 17.4. The predicted octanol–water partition coefficient (Wildman–Crippen LogP) is 4.86. The molecule has 0 unspecified atom stereocenters. The molecule has 7 nitrogen and oxygen atoms in total. The van der Waals surface area contributed by atoms with E-state index in [9.17, 15) is 4.79 Å². The molecular formula is C29H26O7. The Morgan fingerprint density at radius 3 is 2.31 bits per heavy atom. The number of rotatable bonds is 6. The number of aryl methyl sites for hydroxylation is 1. The maximum absolute atomic E-state index is 12.9. The monoisotopic (exact) mass is 486 g/mol. The van der Waals surface area contributed by atoms with E-state index in [0.717, 1.165) is 33.6 Å². The summed E-state index contributed by atoms with van der Waals surface area (Å²) in [5.41, 5.74) is 6.78. The van der Waals surface area contributed by atoms with Crippen molar-refractivity contribution in [1.29, 1.82) is 0 Å². The van der Waals surface area contributed by atoms with Gasteiger partial charge in [-0.15, -0.1) is 0 Å². The maximum Gasteiger partial charge on any atom is 0.335 e. The first-order valence-corrected chi connectivity index (χ1v) is 11.8. The largest absolute Gasteiger partial charge is 0.493 e. The number of carbonyl (C=O) groups excluding carboxylic acids is 1. The van der Waals surface area contributed by atoms with Crippen LogP contribution in [0.15, 0.2) is 59.7 Å². The molecule has 0 spiro atoms. The van der Waals surface area contributed by atoms with Gasteiger partial charge in [-0.05, 0) is 65.4 Å². The highest BCUT2D eigenvalue weighted by Gasteiger charge is 2.40. The molecule has 0 N–H and O–H groups in total. The van der Waals surface area contributed by atoms with Crippen LogP contribution in [-0.2, 0) is 22.6 Å². The van der Waals surface area contributed by atoms with Crippen molar-refractivity contribution in [1.82, 2.24) is 0 Å². The van der Waals surface area contributed by atoms with Crippen molar-refractivity contribution < 1.29 is 33.2 Å². The Balaban J connectivity index is 1.43. The number of methoxy groups -OCH3 is 2. The van der Waals surface area contributed by atoms with E-state index in [4.69, 9.17) is 28.4 Å². The highest BCUT2D eigenvalue weighted by molar-refractivity contribution is 5.95. The van der Waals surface area contributed by atoms with Gasteiger partial charge in [-0.2, -0.15) is 0 Å². The summed E-state index contributed by atoms with van der Waals surface area (Å²) in [4.78, 5) is 12.9. The van der Waals surface area contributed by atoms with E-state index in [0.29, 0.717) is 48.2 Å². The summed E-state index contributed by atoms with van der Waals surface area (Å²) in [6.07, 6.45) is 0.634. The van der Waals surface area contributed by atoms with Crippen molar-refractivity contribution in [3.8, 4) is 28.7 Å². The summed E-state index contributed by atoms with van der Waals surface area (Å²) in [7, 11) is 3.19. The lowest BCUT2D eigenvalue weighted by atomic mass is 9.75. The second-order valence-electron chi connectivity index (χ2n) is 9.14. The number of fused-ring (bicyclic) bond motifs is 2. The molecule has 0 radical (unpaired) electrons. The molecule has 6 rings (SSSR count). The number of hydrogen-bond acceptors (Lipinski definition) is 7. The first-order chi connectivity index (χ1) is 17.6. The maximum atomic E-state index is 12.9. The first kappa shape index (κ1) is 22.3. The van der Waals surface area contributed by atoms with E-state index in [1.807, 2.05) is 55.5 Å². The Bertz CT molecular complexity index is 1360. The molecular weight excluding hydrogens is 460 g/mol. The van der Waals surface area contributed by atoms with E-state index >= 15 is 0 Å². The summed E-state index contributed by atoms with van der Waals surface area (Å²) >= 11 is 0. The van der Waals surface area contributed by atoms with E-state index in [-0.39, 0.29) is 18.7 Å². The molecule has 2 heterocycles. The zero-order valence-corrected chi connectivity index (χ0v) is 20.4. The fourth-order valence-electron chi connectivity index (χ4n) is 5.12. The quantitative estimate of drug-likeness (QED) is 0.461. The second-order valence-corrected chi connectivity index (χ2v) is 9.14. The number of hydrogen-bond donors (Lipinski definition) is 0. The second kappa shape index (κ2) is 8.82. The van der Waals surface area contributed by atoms with Crippen LogP contribution in [0.3, 0.4) is 0 Å². The summed E-state index contributed by atoms with van der Waals surface area (Å²) in [5, 5.41) is 0. The van der Waals surface area contributed by atoms with Gasteiger partial charge >= 0.3 is 5.97 Å². The van der Waals surface area contributed by atoms with Crippen molar-refractivity contribution >= 4 is 5.97 Å². The number of esters is 1. The van der Waals surface area contributed by atoms with Gasteiger partial charge in [0.05, 0.1) is 19.8 Å². The lowest BCUT2D eigenvalue weighted by molar-refractivity contribution is -0.136. The van der Waals surface area contributed by atoms with Gasteiger partial charge in [0.1, 0.15) is 13.2 Å². The Morgan fingerprint density at radius 1 is 0.917 bits per heavy atom. The minimum absolute atomic E-state index is 0.187. The van der Waals surface area contributed by atoms with Gasteiger partial charge in [-0.1, -0.05) is 29.8 Å². The molecule has 1 aliphatic carbocycles. The van der Waals surface area contributed by atoms with Gasteiger partial charge in [0.15, 0.2) is 23.0 Å². The minimum Gasteiger partial charge on any atom is -0.493 e. The van der Waals surface area contributed by atoms with Gasteiger partial charge in [0.2, 0.25) is 12.5 Å². The number of ether oxygens (including phenoxy) is 6. The van der Waals surface area contributed by atoms with Gasteiger partial charge < -0.3 is 28.4 Å². The Labute approximate surface area is 209 Å². The number of carbonyl (C=O) groups is 1. The average molecular weight is 487 g/mol. The van der Waals surface area contributed by atoms with Crippen molar-refractivity contribution in [2.45, 2.75) is 25.9 Å². The third-order valence-corrected chi connectivity index (χ3v) is 6.94. The summed E-state index contributed by atoms with van der Waals surface area (Å²) in [6.45, 7) is 2.90. The fraction of sp³-hybridized carbons (Fsp3) is 0.276. The summed E-state index contributed by atoms with van der Waals surface area (Å²) in [5.74, 6) is 2.30. The van der Waals surface area contributed by atoms with Crippen molar-refractivity contribution in [2.75, 3.05) is 27.6 Å². The Morgan fingerprint density at radius 2 is 1.61 bits per heavy atom. The van der Waals surface area contributed by atoms with Crippen LogP contribution in [0.2, 0.25) is 0 Å². The smallest absolute Gasteiger partial charge is 0.335 e. The van der Waals surface area contributed by atoms with Crippen LogP contribution in [0.1, 0.15) is 33.7 Å². The number of benzene rings is 3. The van der Waals surface area contributed by atoms with Crippen LogP contribution in [0, 0.1) is 6.92 Å². The van der Waals surface area contributed by atoms with Crippen LogP contribution in [0.5, 0.6) is 28.7 Å². The number of cyclic esters (lactones) is 1. The highest BCUT2D eigenvalue weighted by atomic mass is 16.7. The van der Waals surface area contributed by atoms with Gasteiger partial charge in [-0.3, -0.25) is 0 Å². The minimum atomic E-state index is -0.359. The molecule has 1 atom stereocenters. The Kier molecular flexibility index (Phi) is 5.48. The fourth-order valence-corrected chi connectivity index (χ4v) is 5.12. The SMILES string of the molecule is COc1cc([C@@H]2C3=C(COC3=O)Cc3cc4c(cc32)OCO4)cc(OC)c1OCc1ccc(C)cc1. The topological polar surface area (TPSA) is 72.5 Å². The van der Waals surface area contributed by atoms with Crippen LogP contribution in [-0.4, -0.2) is 33.6 Å². The van der Waals surface area contributed by atoms with Crippen LogP contribution in [0.4, 0.5) is 0 Å². The molecule has 184 valence electrons. The van der Waals surface area contributed by atoms with Gasteiger partial charge in [0.25, 0.3) is 0 Å². The molecule has 0 aromatic heterocycles. The lowest BCUT2D eigenvalue weighted by Gasteiger charge is -2.27. The van der Waals surface area contributed by atoms with Crippen LogP contribution >= 0.6 is 0 Å². The third kappa shape index (κ3) is 3.71. The van der Waals surface area contributed by atoms with Crippen molar-refractivity contribution in [3.63, 3.8) is 0 Å². The van der Waals surface area contributed by atoms with Gasteiger partial charge in [0, 0.05) is 5.92 Å². The van der Waals surface area contributed by atoms with Crippen LogP contribution in [0.25, 0.3) is 0 Å². The average Bonchev–Trinajstić information content (AvgIpc) is 3.51. The Hall–Kier alpha value is -4.13. The molecule has 36 heavy (non-hydrogen) atoms. The van der Waals surface area contributed by atoms with E-state index in [2.05, 4.69) is 0 Å². The molecule has 0 bridgehead atoms. The zero-order chi connectivity index (χ0) is 24.8. The highest BCUT2D eigenvalue weighted by Crippen LogP contribution is 2.50. The molecule has 3 aliphatic rings. The summed E-state index contributed by atoms with van der Waals surface area (Å²) in [6, 6.07) is 16.0. The predicted molar refractivity (Wildman–Crippen MR) is 131 cm³/mol. The van der Waals surface area contributed by atoms with Crippen molar-refractivity contribution in [2.24, 2.45) is 0 Å². The molecule has 0 saturated carbocycles. The molecule has 2 aliphatic heterocycles. The van der Waals surface area contributed by atoms with Crippen molar-refractivity contribution in [3.05, 3.63) is 87.5 Å². The van der Waals surface area contributed by atoms with E-state index in [1.165, 1.54) is 5.56 Å². The first-order valence-electron chi connectivity index (χ1n) is 11.8. The lowest BCUT2D eigenvalue weighted by Crippen LogP contribution is -2.18.